The minimum absolute atomic E-state index is 0.224. The van der Waals surface area contributed by atoms with Gasteiger partial charge >= 0.3 is 0 Å². The van der Waals surface area contributed by atoms with Gasteiger partial charge in [-0.15, -0.1) is 0 Å². The molecule has 4 nitrogen and oxygen atoms in total. The van der Waals surface area contributed by atoms with Gasteiger partial charge in [0.25, 0.3) is 0 Å². The van der Waals surface area contributed by atoms with Crippen molar-refractivity contribution in [1.29, 1.82) is 0 Å². The molecule has 0 aliphatic heterocycles. The van der Waals surface area contributed by atoms with E-state index in [1.165, 1.54) is 6.07 Å². The quantitative estimate of drug-likeness (QED) is 0.736. The molecular formula is C16H16FN3O. The Morgan fingerprint density at radius 3 is 2.57 bits per heavy atom. The average Bonchev–Trinajstić information content (AvgIpc) is 2.82. The first-order valence-corrected chi connectivity index (χ1v) is 6.68. The van der Waals surface area contributed by atoms with Crippen LogP contribution in [0.2, 0.25) is 0 Å². The molecule has 5 heteroatoms. The van der Waals surface area contributed by atoms with E-state index in [4.69, 9.17) is 10.2 Å². The van der Waals surface area contributed by atoms with Crippen LogP contribution in [-0.2, 0) is 5.41 Å². The molecule has 0 saturated carbocycles. The normalized spacial score (nSPS) is 12.0. The van der Waals surface area contributed by atoms with E-state index >= 15 is 0 Å². The van der Waals surface area contributed by atoms with Gasteiger partial charge in [0.15, 0.2) is 17.2 Å². The van der Waals surface area contributed by atoms with Crippen LogP contribution >= 0.6 is 0 Å². The highest BCUT2D eigenvalue weighted by molar-refractivity contribution is 5.82. The van der Waals surface area contributed by atoms with E-state index in [0.29, 0.717) is 28.5 Å². The molecule has 1 aromatic carbocycles. The summed E-state index contributed by atoms with van der Waals surface area (Å²) in [5.41, 5.74) is 6.40. The van der Waals surface area contributed by atoms with Crippen molar-refractivity contribution in [3.05, 3.63) is 42.0 Å². The summed E-state index contributed by atoms with van der Waals surface area (Å²) in [7, 11) is 0. The number of rotatable bonds is 1. The fourth-order valence-corrected chi connectivity index (χ4v) is 2.08. The van der Waals surface area contributed by atoms with E-state index in [0.717, 1.165) is 0 Å². The second kappa shape index (κ2) is 4.55. The van der Waals surface area contributed by atoms with Crippen LogP contribution in [0.15, 0.2) is 34.7 Å². The lowest BCUT2D eigenvalue weighted by Crippen LogP contribution is -2.17. The van der Waals surface area contributed by atoms with Crippen LogP contribution in [0.1, 0.15) is 26.6 Å². The van der Waals surface area contributed by atoms with Crippen molar-refractivity contribution in [3.63, 3.8) is 0 Å². The first-order valence-electron chi connectivity index (χ1n) is 6.68. The number of benzene rings is 1. The molecule has 108 valence electrons. The lowest BCUT2D eigenvalue weighted by atomic mass is 9.95. The summed E-state index contributed by atoms with van der Waals surface area (Å²) in [4.78, 5) is 8.75. The summed E-state index contributed by atoms with van der Waals surface area (Å²) >= 11 is 0. The summed E-state index contributed by atoms with van der Waals surface area (Å²) in [5, 5.41) is 0.694. The van der Waals surface area contributed by atoms with Gasteiger partial charge in [-0.2, -0.15) is 0 Å². The molecule has 2 aromatic heterocycles. The maximum absolute atomic E-state index is 13.7. The molecule has 0 aliphatic rings. The minimum atomic E-state index is -0.392. The van der Waals surface area contributed by atoms with Crippen LogP contribution in [0.25, 0.3) is 22.4 Å². The highest BCUT2D eigenvalue weighted by Crippen LogP contribution is 2.30. The van der Waals surface area contributed by atoms with E-state index in [1.54, 1.807) is 24.3 Å². The molecule has 3 rings (SSSR count). The number of halogens is 1. The number of hydrogen-bond acceptors (Lipinski definition) is 4. The van der Waals surface area contributed by atoms with E-state index in [9.17, 15) is 4.39 Å². The van der Waals surface area contributed by atoms with Gasteiger partial charge in [0, 0.05) is 16.9 Å². The summed E-state index contributed by atoms with van der Waals surface area (Å²) in [6.07, 6.45) is 0. The predicted molar refractivity (Wildman–Crippen MR) is 80.3 cm³/mol. The molecule has 0 bridgehead atoms. The number of anilines is 1. The van der Waals surface area contributed by atoms with Crippen LogP contribution in [0, 0.1) is 5.82 Å². The van der Waals surface area contributed by atoms with Crippen molar-refractivity contribution in [2.75, 3.05) is 5.73 Å². The number of furan rings is 1. The average molecular weight is 285 g/mol. The molecule has 2 N–H and O–H groups in total. The number of nitrogen functional groups attached to an aromatic ring is 1. The van der Waals surface area contributed by atoms with Gasteiger partial charge in [-0.3, -0.25) is 0 Å². The standard InChI is InChI=1S/C16H16FN3O/c1-16(2,3)15-19-11(8-13(18)20-15)12-7-9-5-4-6-10(17)14(9)21-12/h4-8H,1-3H3,(H2,18,19,20). The molecule has 0 unspecified atom stereocenters. The third-order valence-electron chi connectivity index (χ3n) is 3.17. The molecule has 0 atom stereocenters. The summed E-state index contributed by atoms with van der Waals surface area (Å²) in [5.74, 6) is 1.08. The first-order chi connectivity index (χ1) is 9.84. The highest BCUT2D eigenvalue weighted by Gasteiger charge is 2.20. The van der Waals surface area contributed by atoms with Crippen LogP contribution in [0.4, 0.5) is 10.2 Å². The Balaban J connectivity index is 2.18. The largest absolute Gasteiger partial charge is 0.451 e. The minimum Gasteiger partial charge on any atom is -0.451 e. The molecule has 3 aromatic rings. The molecule has 2 heterocycles. The van der Waals surface area contributed by atoms with E-state index in [2.05, 4.69) is 9.97 Å². The summed E-state index contributed by atoms with van der Waals surface area (Å²) in [6.45, 7) is 6.01. The Kier molecular flexibility index (Phi) is 2.93. The van der Waals surface area contributed by atoms with Gasteiger partial charge in [0.1, 0.15) is 17.3 Å². The summed E-state index contributed by atoms with van der Waals surface area (Å²) < 4.78 is 19.3. The zero-order valence-electron chi connectivity index (χ0n) is 12.1. The third kappa shape index (κ3) is 2.46. The van der Waals surface area contributed by atoms with Crippen LogP contribution in [0.5, 0.6) is 0 Å². The van der Waals surface area contributed by atoms with Crippen molar-refractivity contribution in [3.8, 4) is 11.5 Å². The Labute approximate surface area is 121 Å². The second-order valence-corrected chi connectivity index (χ2v) is 6.02. The zero-order valence-corrected chi connectivity index (χ0v) is 12.1. The Morgan fingerprint density at radius 1 is 1.14 bits per heavy atom. The van der Waals surface area contributed by atoms with Crippen molar-refractivity contribution in [2.45, 2.75) is 26.2 Å². The van der Waals surface area contributed by atoms with Gasteiger partial charge in [0.2, 0.25) is 0 Å². The van der Waals surface area contributed by atoms with Crippen molar-refractivity contribution >= 4 is 16.8 Å². The Bertz CT molecular complexity index is 818. The number of nitrogens with zero attached hydrogens (tertiary/aromatic N) is 2. The summed E-state index contributed by atoms with van der Waals surface area (Å²) in [6, 6.07) is 8.19. The molecule has 0 radical (unpaired) electrons. The van der Waals surface area contributed by atoms with Gasteiger partial charge in [-0.25, -0.2) is 14.4 Å². The Morgan fingerprint density at radius 2 is 1.90 bits per heavy atom. The maximum Gasteiger partial charge on any atom is 0.170 e. The lowest BCUT2D eigenvalue weighted by molar-refractivity contribution is 0.542. The number of para-hydroxylation sites is 1. The van der Waals surface area contributed by atoms with Gasteiger partial charge < -0.3 is 10.2 Å². The predicted octanol–water partition coefficient (Wildman–Crippen LogP) is 3.91. The number of nitrogens with two attached hydrogens (primary N) is 1. The topological polar surface area (TPSA) is 64.9 Å². The van der Waals surface area contributed by atoms with Crippen molar-refractivity contribution in [1.82, 2.24) is 9.97 Å². The van der Waals surface area contributed by atoms with E-state index < -0.39 is 5.82 Å². The number of fused-ring (bicyclic) bond motifs is 1. The molecule has 21 heavy (non-hydrogen) atoms. The van der Waals surface area contributed by atoms with Gasteiger partial charge in [-0.1, -0.05) is 32.9 Å². The fourth-order valence-electron chi connectivity index (χ4n) is 2.08. The lowest BCUT2D eigenvalue weighted by Gasteiger charge is -2.17. The van der Waals surface area contributed by atoms with Crippen LogP contribution in [0.3, 0.4) is 0 Å². The number of aromatic nitrogens is 2. The van der Waals surface area contributed by atoms with Gasteiger partial charge in [0.05, 0.1) is 0 Å². The van der Waals surface area contributed by atoms with E-state index in [-0.39, 0.29) is 11.0 Å². The third-order valence-corrected chi connectivity index (χ3v) is 3.17. The monoisotopic (exact) mass is 285 g/mol. The smallest absolute Gasteiger partial charge is 0.170 e. The Hall–Kier alpha value is -2.43. The number of hydrogen-bond donors (Lipinski definition) is 1. The highest BCUT2D eigenvalue weighted by atomic mass is 19.1. The van der Waals surface area contributed by atoms with E-state index in [1.807, 2.05) is 20.8 Å². The van der Waals surface area contributed by atoms with Crippen molar-refractivity contribution < 1.29 is 8.81 Å². The van der Waals surface area contributed by atoms with Gasteiger partial charge in [-0.05, 0) is 12.1 Å². The first kappa shape index (κ1) is 13.5. The molecule has 0 fully saturated rings. The molecule has 0 saturated heterocycles. The van der Waals surface area contributed by atoms with Crippen molar-refractivity contribution in [2.24, 2.45) is 0 Å². The molecular weight excluding hydrogens is 269 g/mol. The zero-order chi connectivity index (χ0) is 15.2. The maximum atomic E-state index is 13.7. The van der Waals surface area contributed by atoms with Crippen LogP contribution in [-0.4, -0.2) is 9.97 Å². The molecule has 0 spiro atoms. The SMILES string of the molecule is CC(C)(C)c1nc(N)cc(-c2cc3cccc(F)c3o2)n1. The molecule has 0 aliphatic carbocycles. The molecule has 0 amide bonds. The fraction of sp³-hybridized carbons (Fsp3) is 0.250. The van der Waals surface area contributed by atoms with Crippen LogP contribution < -0.4 is 5.73 Å². The second-order valence-electron chi connectivity index (χ2n) is 6.02.